The number of nitrogens with two attached hydrogens (primary N) is 1. The van der Waals surface area contributed by atoms with Crippen LogP contribution in [0, 0.1) is 0 Å². The minimum Gasteiger partial charge on any atom is -0.480 e. The zero-order valence-corrected chi connectivity index (χ0v) is 11.3. The molecule has 0 aliphatic carbocycles. The van der Waals surface area contributed by atoms with Crippen molar-refractivity contribution in [3.05, 3.63) is 18.2 Å². The van der Waals surface area contributed by atoms with Crippen LogP contribution in [0.5, 0.6) is 0 Å². The van der Waals surface area contributed by atoms with Crippen molar-refractivity contribution in [2.75, 3.05) is 13.7 Å². The first-order valence-electron chi connectivity index (χ1n) is 6.29. The third kappa shape index (κ3) is 5.37. The fraction of sp³-hybridized carbons (Fsp3) is 0.583. The van der Waals surface area contributed by atoms with E-state index >= 15 is 0 Å². The second kappa shape index (κ2) is 8.28. The average Bonchev–Trinajstić information content (AvgIpc) is 2.90. The summed E-state index contributed by atoms with van der Waals surface area (Å²) in [6.07, 6.45) is 4.18. The van der Waals surface area contributed by atoms with Gasteiger partial charge in [-0.05, 0) is 12.8 Å². The summed E-state index contributed by atoms with van der Waals surface area (Å²) in [5.41, 5.74) is 6.33. The lowest BCUT2D eigenvalue weighted by atomic mass is 10.1. The van der Waals surface area contributed by atoms with Crippen LogP contribution in [-0.4, -0.2) is 52.8 Å². The van der Waals surface area contributed by atoms with E-state index in [-0.39, 0.29) is 6.42 Å². The highest BCUT2D eigenvalue weighted by Crippen LogP contribution is 2.01. The Morgan fingerprint density at radius 2 is 2.35 bits per heavy atom. The summed E-state index contributed by atoms with van der Waals surface area (Å²) in [5, 5.41) is 11.5. The molecule has 0 spiro atoms. The van der Waals surface area contributed by atoms with Crippen LogP contribution in [0.25, 0.3) is 0 Å². The van der Waals surface area contributed by atoms with Gasteiger partial charge in [-0.25, -0.2) is 9.78 Å². The van der Waals surface area contributed by atoms with E-state index in [0.717, 1.165) is 0 Å². The van der Waals surface area contributed by atoms with Crippen LogP contribution in [0.15, 0.2) is 12.5 Å². The van der Waals surface area contributed by atoms with Gasteiger partial charge in [0.15, 0.2) is 0 Å². The molecule has 0 aliphatic heterocycles. The number of hydrogen-bond acceptors (Lipinski definition) is 5. The Morgan fingerprint density at radius 3 is 2.90 bits per heavy atom. The molecule has 8 nitrogen and oxygen atoms in total. The quantitative estimate of drug-likeness (QED) is 0.442. The molecule has 5 N–H and O–H groups in total. The van der Waals surface area contributed by atoms with Crippen molar-refractivity contribution >= 4 is 11.9 Å². The zero-order chi connectivity index (χ0) is 15.0. The Morgan fingerprint density at radius 1 is 1.60 bits per heavy atom. The van der Waals surface area contributed by atoms with Gasteiger partial charge in [0.2, 0.25) is 5.91 Å². The molecule has 0 fully saturated rings. The van der Waals surface area contributed by atoms with E-state index < -0.39 is 24.0 Å². The molecule has 0 bridgehead atoms. The molecule has 1 rings (SSSR count). The molecule has 0 aliphatic rings. The molecular weight excluding hydrogens is 264 g/mol. The fourth-order valence-electron chi connectivity index (χ4n) is 1.67. The highest BCUT2D eigenvalue weighted by Gasteiger charge is 2.23. The summed E-state index contributed by atoms with van der Waals surface area (Å²) in [4.78, 5) is 29.5. The number of methoxy groups -OCH3 is 1. The number of carboxylic acids is 1. The van der Waals surface area contributed by atoms with E-state index in [1.165, 1.54) is 12.5 Å². The molecule has 1 aromatic rings. The molecule has 8 heteroatoms. The lowest BCUT2D eigenvalue weighted by Crippen LogP contribution is -2.49. The Labute approximate surface area is 116 Å². The van der Waals surface area contributed by atoms with Crippen LogP contribution in [0.1, 0.15) is 18.5 Å². The molecular formula is C12H20N4O4. The second-order valence-corrected chi connectivity index (χ2v) is 4.42. The lowest BCUT2D eigenvalue weighted by molar-refractivity contribution is -0.142. The molecule has 20 heavy (non-hydrogen) atoms. The Hall–Kier alpha value is -1.93. The topological polar surface area (TPSA) is 130 Å². The Kier molecular flexibility index (Phi) is 6.68. The van der Waals surface area contributed by atoms with E-state index in [1.807, 2.05) is 0 Å². The molecule has 1 amide bonds. The van der Waals surface area contributed by atoms with Crippen molar-refractivity contribution in [3.63, 3.8) is 0 Å². The van der Waals surface area contributed by atoms with Gasteiger partial charge in [-0.3, -0.25) is 4.79 Å². The number of aromatic amines is 1. The van der Waals surface area contributed by atoms with Crippen molar-refractivity contribution in [2.45, 2.75) is 31.3 Å². The van der Waals surface area contributed by atoms with Crippen LogP contribution in [0.3, 0.4) is 0 Å². The van der Waals surface area contributed by atoms with Crippen molar-refractivity contribution in [1.29, 1.82) is 0 Å². The highest BCUT2D eigenvalue weighted by molar-refractivity contribution is 5.86. The van der Waals surface area contributed by atoms with Crippen molar-refractivity contribution < 1.29 is 19.4 Å². The highest BCUT2D eigenvalue weighted by atomic mass is 16.5. The number of aliphatic carboxylic acids is 1. The smallest absolute Gasteiger partial charge is 0.326 e. The zero-order valence-electron chi connectivity index (χ0n) is 11.3. The molecule has 1 aromatic heterocycles. The first-order chi connectivity index (χ1) is 9.54. The third-order valence-corrected chi connectivity index (χ3v) is 2.79. The Balaban J connectivity index is 2.48. The third-order valence-electron chi connectivity index (χ3n) is 2.79. The normalized spacial score (nSPS) is 13.7. The maximum Gasteiger partial charge on any atom is 0.326 e. The maximum atomic E-state index is 11.8. The van der Waals surface area contributed by atoms with E-state index in [1.54, 1.807) is 7.11 Å². The van der Waals surface area contributed by atoms with Crippen LogP contribution < -0.4 is 11.1 Å². The van der Waals surface area contributed by atoms with Gasteiger partial charge in [-0.1, -0.05) is 0 Å². The van der Waals surface area contributed by atoms with Gasteiger partial charge in [0.1, 0.15) is 6.04 Å². The van der Waals surface area contributed by atoms with Gasteiger partial charge in [-0.15, -0.1) is 0 Å². The second-order valence-electron chi connectivity index (χ2n) is 4.42. The molecule has 2 atom stereocenters. The van der Waals surface area contributed by atoms with E-state index in [2.05, 4.69) is 15.3 Å². The van der Waals surface area contributed by atoms with Gasteiger partial charge in [0.05, 0.1) is 12.4 Å². The van der Waals surface area contributed by atoms with Crippen molar-refractivity contribution in [1.82, 2.24) is 15.3 Å². The SMILES string of the molecule is COCCCC(N)C(=O)NC(Cc1cnc[nH]1)C(=O)O. The van der Waals surface area contributed by atoms with Gasteiger partial charge in [0.25, 0.3) is 0 Å². The summed E-state index contributed by atoms with van der Waals surface area (Å²) in [5.74, 6) is -1.59. The number of carbonyl (C=O) groups is 2. The predicted octanol–water partition coefficient (Wildman–Crippen LogP) is -0.724. The van der Waals surface area contributed by atoms with Gasteiger partial charge in [0, 0.05) is 32.0 Å². The number of carboxylic acid groups (broad SMARTS) is 1. The predicted molar refractivity (Wildman–Crippen MR) is 70.9 cm³/mol. The number of amides is 1. The lowest BCUT2D eigenvalue weighted by Gasteiger charge is -2.17. The minimum atomic E-state index is -1.11. The maximum absolute atomic E-state index is 11.8. The van der Waals surface area contributed by atoms with Crippen molar-refractivity contribution in [3.8, 4) is 0 Å². The summed E-state index contributed by atoms with van der Waals surface area (Å²) in [7, 11) is 1.57. The van der Waals surface area contributed by atoms with E-state index in [4.69, 9.17) is 15.6 Å². The summed E-state index contributed by atoms with van der Waals surface area (Å²) >= 11 is 0. The summed E-state index contributed by atoms with van der Waals surface area (Å²) in [6, 6.07) is -1.77. The molecule has 0 radical (unpaired) electrons. The fourth-order valence-corrected chi connectivity index (χ4v) is 1.67. The van der Waals surface area contributed by atoms with Gasteiger partial charge < -0.3 is 25.9 Å². The number of rotatable bonds is 9. The number of imidazole rings is 1. The number of carbonyl (C=O) groups excluding carboxylic acids is 1. The monoisotopic (exact) mass is 284 g/mol. The molecule has 112 valence electrons. The molecule has 0 aromatic carbocycles. The molecule has 0 saturated carbocycles. The average molecular weight is 284 g/mol. The van der Waals surface area contributed by atoms with E-state index in [9.17, 15) is 9.59 Å². The summed E-state index contributed by atoms with van der Waals surface area (Å²) in [6.45, 7) is 0.511. The van der Waals surface area contributed by atoms with Crippen LogP contribution in [0.4, 0.5) is 0 Å². The van der Waals surface area contributed by atoms with E-state index in [0.29, 0.717) is 25.1 Å². The summed E-state index contributed by atoms with van der Waals surface area (Å²) < 4.78 is 4.87. The number of hydrogen-bond donors (Lipinski definition) is 4. The number of H-pyrrole nitrogens is 1. The molecule has 1 heterocycles. The first kappa shape index (κ1) is 16.1. The van der Waals surface area contributed by atoms with Crippen LogP contribution in [-0.2, 0) is 20.7 Å². The number of aromatic nitrogens is 2. The Bertz CT molecular complexity index is 421. The van der Waals surface area contributed by atoms with Gasteiger partial charge in [-0.2, -0.15) is 0 Å². The minimum absolute atomic E-state index is 0.131. The molecule has 0 saturated heterocycles. The first-order valence-corrected chi connectivity index (χ1v) is 6.29. The van der Waals surface area contributed by atoms with Gasteiger partial charge >= 0.3 is 5.97 Å². The van der Waals surface area contributed by atoms with Crippen molar-refractivity contribution in [2.24, 2.45) is 5.73 Å². The number of nitrogens with zero attached hydrogens (tertiary/aromatic N) is 1. The number of ether oxygens (including phenoxy) is 1. The van der Waals surface area contributed by atoms with Crippen LogP contribution >= 0.6 is 0 Å². The number of nitrogens with one attached hydrogen (secondary N) is 2. The van der Waals surface area contributed by atoms with Crippen LogP contribution in [0.2, 0.25) is 0 Å². The molecule has 2 unspecified atom stereocenters. The standard InChI is InChI=1S/C12H20N4O4/c1-20-4-2-3-9(13)11(17)16-10(12(18)19)5-8-6-14-7-15-8/h6-7,9-10H,2-5,13H2,1H3,(H,14,15)(H,16,17)(H,18,19). The largest absolute Gasteiger partial charge is 0.480 e.